The lowest BCUT2D eigenvalue weighted by molar-refractivity contribution is 0.481. The molecule has 4 heteroatoms. The zero-order chi connectivity index (χ0) is 13.9. The second-order valence-corrected chi connectivity index (χ2v) is 5.76. The molecular weight excluding hydrogens is 279 g/mol. The maximum absolute atomic E-state index is 6.31. The maximum atomic E-state index is 6.31. The van der Waals surface area contributed by atoms with E-state index in [9.17, 15) is 0 Å². The van der Waals surface area contributed by atoms with Crippen molar-refractivity contribution in [3.63, 3.8) is 0 Å². The zero-order valence-electron chi connectivity index (χ0n) is 10.7. The van der Waals surface area contributed by atoms with Gasteiger partial charge in [-0.25, -0.2) is 0 Å². The van der Waals surface area contributed by atoms with Gasteiger partial charge in [-0.05, 0) is 41.8 Å². The Balaban J connectivity index is 2.36. The second kappa shape index (κ2) is 5.91. The Morgan fingerprint density at radius 3 is 2.42 bits per heavy atom. The first kappa shape index (κ1) is 14.3. The molecule has 19 heavy (non-hydrogen) atoms. The van der Waals surface area contributed by atoms with Crippen molar-refractivity contribution in [3.05, 3.63) is 63.9 Å². The normalized spacial score (nSPS) is 14.1. The van der Waals surface area contributed by atoms with Crippen molar-refractivity contribution in [2.45, 2.75) is 18.8 Å². The quantitative estimate of drug-likeness (QED) is 0.930. The standard InChI is InChI=1S/C15H16Cl2N2/c1-15(10-18,9-11-4-6-19-7-5-11)13-3-2-12(16)8-14(13)17/h2-8H,9-10,18H2,1H3. The molecule has 1 atom stereocenters. The molecule has 2 N–H and O–H groups in total. The molecule has 0 bridgehead atoms. The molecule has 0 aliphatic heterocycles. The van der Waals surface area contributed by atoms with Crippen LogP contribution in [0.5, 0.6) is 0 Å². The van der Waals surface area contributed by atoms with Gasteiger partial charge >= 0.3 is 0 Å². The molecule has 1 aromatic heterocycles. The van der Waals surface area contributed by atoms with Crippen LogP contribution in [0.2, 0.25) is 10.0 Å². The highest BCUT2D eigenvalue weighted by molar-refractivity contribution is 6.35. The Morgan fingerprint density at radius 1 is 1.16 bits per heavy atom. The van der Waals surface area contributed by atoms with Crippen LogP contribution in [0.1, 0.15) is 18.1 Å². The van der Waals surface area contributed by atoms with Gasteiger partial charge in [-0.3, -0.25) is 4.98 Å². The molecule has 1 aromatic carbocycles. The van der Waals surface area contributed by atoms with Crippen LogP contribution in [0.15, 0.2) is 42.7 Å². The van der Waals surface area contributed by atoms with Gasteiger partial charge in [0.1, 0.15) is 0 Å². The lowest BCUT2D eigenvalue weighted by atomic mass is 9.77. The van der Waals surface area contributed by atoms with Crippen LogP contribution in [-0.4, -0.2) is 11.5 Å². The van der Waals surface area contributed by atoms with Crippen LogP contribution >= 0.6 is 23.2 Å². The average Bonchev–Trinajstić information content (AvgIpc) is 2.39. The van der Waals surface area contributed by atoms with Crippen molar-refractivity contribution >= 4 is 23.2 Å². The van der Waals surface area contributed by atoms with Crippen LogP contribution in [0.3, 0.4) is 0 Å². The minimum Gasteiger partial charge on any atom is -0.330 e. The van der Waals surface area contributed by atoms with Gasteiger partial charge < -0.3 is 5.73 Å². The number of aromatic nitrogens is 1. The lowest BCUT2D eigenvalue weighted by Gasteiger charge is -2.30. The van der Waals surface area contributed by atoms with E-state index in [4.69, 9.17) is 28.9 Å². The summed E-state index contributed by atoms with van der Waals surface area (Å²) >= 11 is 12.3. The summed E-state index contributed by atoms with van der Waals surface area (Å²) in [4.78, 5) is 4.03. The summed E-state index contributed by atoms with van der Waals surface area (Å²) in [5.74, 6) is 0. The Kier molecular flexibility index (Phi) is 4.46. The lowest BCUT2D eigenvalue weighted by Crippen LogP contribution is -2.34. The fourth-order valence-corrected chi connectivity index (χ4v) is 2.84. The first-order valence-corrected chi connectivity index (χ1v) is 6.85. The van der Waals surface area contributed by atoms with Gasteiger partial charge in [0.05, 0.1) is 0 Å². The number of hydrogen-bond acceptors (Lipinski definition) is 2. The van der Waals surface area contributed by atoms with Crippen molar-refractivity contribution < 1.29 is 0 Å². The highest BCUT2D eigenvalue weighted by Gasteiger charge is 2.27. The molecule has 0 aliphatic carbocycles. The molecule has 0 aliphatic rings. The monoisotopic (exact) mass is 294 g/mol. The molecule has 100 valence electrons. The van der Waals surface area contributed by atoms with Crippen molar-refractivity contribution in [1.82, 2.24) is 4.98 Å². The van der Waals surface area contributed by atoms with Crippen LogP contribution < -0.4 is 5.73 Å². The van der Waals surface area contributed by atoms with Gasteiger partial charge in [-0.1, -0.05) is 36.2 Å². The summed E-state index contributed by atoms with van der Waals surface area (Å²) in [6, 6.07) is 9.57. The van der Waals surface area contributed by atoms with Crippen molar-refractivity contribution in [3.8, 4) is 0 Å². The molecule has 0 spiro atoms. The summed E-state index contributed by atoms with van der Waals surface area (Å²) in [5.41, 5.74) is 7.98. The highest BCUT2D eigenvalue weighted by atomic mass is 35.5. The summed E-state index contributed by atoms with van der Waals surface area (Å²) < 4.78 is 0. The second-order valence-electron chi connectivity index (χ2n) is 4.92. The van der Waals surface area contributed by atoms with Gasteiger partial charge in [0, 0.05) is 34.4 Å². The molecule has 2 nitrogen and oxygen atoms in total. The number of benzene rings is 1. The largest absolute Gasteiger partial charge is 0.330 e. The molecule has 2 aromatic rings. The van der Waals surface area contributed by atoms with Crippen molar-refractivity contribution in [2.75, 3.05) is 6.54 Å². The van der Waals surface area contributed by atoms with Gasteiger partial charge in [0.15, 0.2) is 0 Å². The summed E-state index contributed by atoms with van der Waals surface area (Å²) in [6.07, 6.45) is 4.39. The molecule has 1 heterocycles. The van der Waals surface area contributed by atoms with E-state index >= 15 is 0 Å². The summed E-state index contributed by atoms with van der Waals surface area (Å²) in [7, 11) is 0. The van der Waals surface area contributed by atoms with Crippen LogP contribution in [-0.2, 0) is 11.8 Å². The van der Waals surface area contributed by atoms with E-state index < -0.39 is 0 Å². The topological polar surface area (TPSA) is 38.9 Å². The first-order chi connectivity index (χ1) is 9.05. The molecule has 0 saturated heterocycles. The van der Waals surface area contributed by atoms with E-state index in [1.54, 1.807) is 18.5 Å². The van der Waals surface area contributed by atoms with Crippen LogP contribution in [0, 0.1) is 0 Å². The minimum atomic E-state index is -0.219. The van der Waals surface area contributed by atoms with Gasteiger partial charge in [-0.2, -0.15) is 0 Å². The SMILES string of the molecule is CC(CN)(Cc1ccncc1)c1ccc(Cl)cc1Cl. The predicted molar refractivity (Wildman–Crippen MR) is 80.8 cm³/mol. The number of nitrogens with zero attached hydrogens (tertiary/aromatic N) is 1. The van der Waals surface area contributed by atoms with Gasteiger partial charge in [0.2, 0.25) is 0 Å². The molecule has 0 radical (unpaired) electrons. The first-order valence-electron chi connectivity index (χ1n) is 6.10. The van der Waals surface area contributed by atoms with Crippen LogP contribution in [0.4, 0.5) is 0 Å². The summed E-state index contributed by atoms with van der Waals surface area (Å²) in [5, 5.41) is 1.30. The molecule has 0 fully saturated rings. The van der Waals surface area contributed by atoms with E-state index in [1.165, 1.54) is 5.56 Å². The highest BCUT2D eigenvalue weighted by Crippen LogP contribution is 2.34. The van der Waals surface area contributed by atoms with Gasteiger partial charge in [-0.15, -0.1) is 0 Å². The van der Waals surface area contributed by atoms with Crippen LogP contribution in [0.25, 0.3) is 0 Å². The summed E-state index contributed by atoms with van der Waals surface area (Å²) in [6.45, 7) is 2.62. The third-order valence-electron chi connectivity index (χ3n) is 3.38. The third kappa shape index (κ3) is 3.27. The Hall–Kier alpha value is -1.09. The zero-order valence-corrected chi connectivity index (χ0v) is 12.2. The Labute approximate surface area is 123 Å². The minimum absolute atomic E-state index is 0.219. The van der Waals surface area contributed by atoms with E-state index in [2.05, 4.69) is 11.9 Å². The molecule has 2 rings (SSSR count). The number of rotatable bonds is 4. The maximum Gasteiger partial charge on any atom is 0.0458 e. The number of pyridine rings is 1. The fraction of sp³-hybridized carbons (Fsp3) is 0.267. The Bertz CT molecular complexity index is 557. The molecule has 1 unspecified atom stereocenters. The van der Waals surface area contributed by atoms with E-state index in [0.29, 0.717) is 16.6 Å². The third-order valence-corrected chi connectivity index (χ3v) is 3.92. The number of halogens is 2. The van der Waals surface area contributed by atoms with E-state index in [1.807, 2.05) is 24.3 Å². The Morgan fingerprint density at radius 2 is 1.84 bits per heavy atom. The van der Waals surface area contributed by atoms with E-state index in [-0.39, 0.29) is 5.41 Å². The number of hydrogen-bond donors (Lipinski definition) is 1. The van der Waals surface area contributed by atoms with Gasteiger partial charge in [0.25, 0.3) is 0 Å². The average molecular weight is 295 g/mol. The smallest absolute Gasteiger partial charge is 0.0458 e. The molecular formula is C15H16Cl2N2. The van der Waals surface area contributed by atoms with Crippen molar-refractivity contribution in [2.24, 2.45) is 5.73 Å². The molecule has 0 saturated carbocycles. The van der Waals surface area contributed by atoms with Crippen molar-refractivity contribution in [1.29, 1.82) is 0 Å². The fourth-order valence-electron chi connectivity index (χ4n) is 2.21. The van der Waals surface area contributed by atoms with E-state index in [0.717, 1.165) is 12.0 Å². The molecule has 0 amide bonds. The number of nitrogens with two attached hydrogens (primary N) is 1. The predicted octanol–water partition coefficient (Wildman–Crippen LogP) is 3.85.